The Bertz CT molecular complexity index is 332. The van der Waals surface area contributed by atoms with E-state index in [0.29, 0.717) is 18.6 Å². The molecule has 1 unspecified atom stereocenters. The summed E-state index contributed by atoms with van der Waals surface area (Å²) in [5.41, 5.74) is 0. The van der Waals surface area contributed by atoms with Gasteiger partial charge in [-0.05, 0) is 12.8 Å². The van der Waals surface area contributed by atoms with E-state index in [-0.39, 0.29) is 16.9 Å². The maximum absolute atomic E-state index is 11.5. The highest BCUT2D eigenvalue weighted by atomic mass is 32.2. The van der Waals surface area contributed by atoms with Crippen molar-refractivity contribution in [1.29, 1.82) is 0 Å². The average molecular weight is 273 g/mol. The lowest BCUT2D eigenvalue weighted by Crippen LogP contribution is -2.42. The monoisotopic (exact) mass is 273 g/mol. The number of ketones is 1. The maximum Gasteiger partial charge on any atom is 0.329 e. The molecule has 0 spiro atoms. The van der Waals surface area contributed by atoms with Crippen LogP contribution in [-0.2, 0) is 19.1 Å². The SMILES string of the molecule is COC(=O)[C@H](CSC1CCCC(=O)C1)NC(C)=O. The Hall–Kier alpha value is -1.04. The van der Waals surface area contributed by atoms with Gasteiger partial charge in [-0.2, -0.15) is 11.8 Å². The summed E-state index contributed by atoms with van der Waals surface area (Å²) in [5.74, 6) is 0.0305. The zero-order valence-electron chi connectivity index (χ0n) is 10.7. The summed E-state index contributed by atoms with van der Waals surface area (Å²) in [6.45, 7) is 1.37. The van der Waals surface area contributed by atoms with Crippen molar-refractivity contribution < 1.29 is 19.1 Å². The fourth-order valence-corrected chi connectivity index (χ4v) is 3.24. The molecule has 6 heteroatoms. The van der Waals surface area contributed by atoms with E-state index in [1.165, 1.54) is 14.0 Å². The number of rotatable bonds is 5. The van der Waals surface area contributed by atoms with E-state index in [9.17, 15) is 14.4 Å². The lowest BCUT2D eigenvalue weighted by Gasteiger charge is -2.22. The van der Waals surface area contributed by atoms with Crippen molar-refractivity contribution in [1.82, 2.24) is 5.32 Å². The molecular formula is C12H19NO4S. The van der Waals surface area contributed by atoms with Crippen LogP contribution in [0, 0.1) is 0 Å². The Kier molecular flexibility index (Phi) is 6.18. The second-order valence-electron chi connectivity index (χ2n) is 4.37. The molecule has 2 atom stereocenters. The van der Waals surface area contributed by atoms with Crippen LogP contribution < -0.4 is 5.32 Å². The van der Waals surface area contributed by atoms with Crippen molar-refractivity contribution in [3.63, 3.8) is 0 Å². The topological polar surface area (TPSA) is 72.5 Å². The number of hydrogen-bond acceptors (Lipinski definition) is 5. The van der Waals surface area contributed by atoms with Crippen LogP contribution in [0.3, 0.4) is 0 Å². The highest BCUT2D eigenvalue weighted by Crippen LogP contribution is 2.26. The first-order chi connectivity index (χ1) is 8.52. The number of esters is 1. The molecule has 1 amide bonds. The number of hydrogen-bond donors (Lipinski definition) is 1. The molecule has 0 aliphatic heterocycles. The highest BCUT2D eigenvalue weighted by Gasteiger charge is 2.25. The zero-order valence-corrected chi connectivity index (χ0v) is 11.5. The van der Waals surface area contributed by atoms with Gasteiger partial charge < -0.3 is 10.1 Å². The first-order valence-electron chi connectivity index (χ1n) is 6.01. The van der Waals surface area contributed by atoms with Gasteiger partial charge in [-0.3, -0.25) is 9.59 Å². The Morgan fingerprint density at radius 2 is 2.28 bits per heavy atom. The van der Waals surface area contributed by atoms with Gasteiger partial charge in [0.05, 0.1) is 7.11 Å². The van der Waals surface area contributed by atoms with Gasteiger partial charge in [-0.15, -0.1) is 0 Å². The molecule has 102 valence electrons. The Morgan fingerprint density at radius 3 is 2.83 bits per heavy atom. The molecule has 1 aliphatic carbocycles. The molecule has 0 aromatic carbocycles. The van der Waals surface area contributed by atoms with Crippen LogP contribution in [0.5, 0.6) is 0 Å². The van der Waals surface area contributed by atoms with Crippen molar-refractivity contribution in [2.45, 2.75) is 43.9 Å². The van der Waals surface area contributed by atoms with E-state index < -0.39 is 12.0 Å². The van der Waals surface area contributed by atoms with Crippen LogP contribution in [0.25, 0.3) is 0 Å². The molecule has 0 heterocycles. The van der Waals surface area contributed by atoms with Gasteiger partial charge in [0, 0.05) is 30.8 Å². The van der Waals surface area contributed by atoms with Gasteiger partial charge in [-0.25, -0.2) is 4.79 Å². The van der Waals surface area contributed by atoms with Gasteiger partial charge in [0.15, 0.2) is 0 Å². The van der Waals surface area contributed by atoms with E-state index in [4.69, 9.17) is 0 Å². The molecular weight excluding hydrogens is 254 g/mol. The fraction of sp³-hybridized carbons (Fsp3) is 0.750. The Morgan fingerprint density at radius 1 is 1.56 bits per heavy atom. The van der Waals surface area contributed by atoms with Gasteiger partial charge in [0.1, 0.15) is 11.8 Å². The Balaban J connectivity index is 2.43. The minimum absolute atomic E-state index is 0.257. The van der Waals surface area contributed by atoms with Crippen LogP contribution in [0.15, 0.2) is 0 Å². The third kappa shape index (κ3) is 5.08. The second-order valence-corrected chi connectivity index (χ2v) is 5.70. The number of carbonyl (C=O) groups excluding carboxylic acids is 3. The molecule has 1 rings (SSSR count). The first kappa shape index (κ1) is 15.0. The van der Waals surface area contributed by atoms with E-state index in [0.717, 1.165) is 12.8 Å². The predicted molar refractivity (Wildman–Crippen MR) is 69.3 cm³/mol. The van der Waals surface area contributed by atoms with Crippen molar-refractivity contribution in [2.75, 3.05) is 12.9 Å². The lowest BCUT2D eigenvalue weighted by atomic mass is 9.99. The number of Topliss-reactive ketones (excluding diaryl/α,β-unsaturated/α-hetero) is 1. The van der Waals surface area contributed by atoms with E-state index in [2.05, 4.69) is 10.1 Å². The second kappa shape index (κ2) is 7.41. The largest absolute Gasteiger partial charge is 0.467 e. The van der Waals surface area contributed by atoms with Crippen LogP contribution >= 0.6 is 11.8 Å². The van der Waals surface area contributed by atoms with Crippen LogP contribution in [0.1, 0.15) is 32.6 Å². The van der Waals surface area contributed by atoms with E-state index >= 15 is 0 Å². The maximum atomic E-state index is 11.5. The van der Waals surface area contributed by atoms with Gasteiger partial charge >= 0.3 is 5.97 Å². The molecule has 1 N–H and O–H groups in total. The number of thioether (sulfide) groups is 1. The Labute approximate surface area is 111 Å². The third-order valence-corrected chi connectivity index (χ3v) is 4.20. The highest BCUT2D eigenvalue weighted by molar-refractivity contribution is 8.00. The number of ether oxygens (including phenoxy) is 1. The summed E-state index contributed by atoms with van der Waals surface area (Å²) in [6.07, 6.45) is 3.14. The fourth-order valence-electron chi connectivity index (χ4n) is 1.92. The van der Waals surface area contributed by atoms with Gasteiger partial charge in [-0.1, -0.05) is 0 Å². The quantitative estimate of drug-likeness (QED) is 0.754. The van der Waals surface area contributed by atoms with Crippen molar-refractivity contribution in [3.05, 3.63) is 0 Å². The zero-order chi connectivity index (χ0) is 13.5. The van der Waals surface area contributed by atoms with Crippen molar-refractivity contribution in [2.24, 2.45) is 0 Å². The molecule has 1 aliphatic rings. The molecule has 0 aromatic rings. The number of methoxy groups -OCH3 is 1. The summed E-state index contributed by atoms with van der Waals surface area (Å²) in [4.78, 5) is 33.8. The van der Waals surface area contributed by atoms with Gasteiger partial charge in [0.25, 0.3) is 0 Å². The normalized spacial score (nSPS) is 21.2. The average Bonchev–Trinajstić information content (AvgIpc) is 2.33. The summed E-state index contributed by atoms with van der Waals surface area (Å²) in [6, 6.07) is -0.630. The number of amides is 1. The smallest absolute Gasteiger partial charge is 0.329 e. The summed E-state index contributed by atoms with van der Waals surface area (Å²) < 4.78 is 4.64. The van der Waals surface area contributed by atoms with Crippen LogP contribution in [-0.4, -0.2) is 41.8 Å². The standard InChI is InChI=1S/C12H19NO4S/c1-8(14)13-11(12(16)17-2)7-18-10-5-3-4-9(15)6-10/h10-11H,3-7H2,1-2H3,(H,13,14)/t10?,11-/m0/s1. The van der Waals surface area contributed by atoms with Crippen LogP contribution in [0.2, 0.25) is 0 Å². The summed E-state index contributed by atoms with van der Waals surface area (Å²) in [5, 5.41) is 2.82. The number of carbonyl (C=O) groups is 3. The van der Waals surface area contributed by atoms with Crippen LogP contribution in [0.4, 0.5) is 0 Å². The summed E-state index contributed by atoms with van der Waals surface area (Å²) >= 11 is 1.56. The van der Waals surface area contributed by atoms with Crippen molar-refractivity contribution in [3.8, 4) is 0 Å². The van der Waals surface area contributed by atoms with E-state index in [1.54, 1.807) is 11.8 Å². The minimum atomic E-state index is -0.630. The molecule has 5 nitrogen and oxygen atoms in total. The van der Waals surface area contributed by atoms with Gasteiger partial charge in [0.2, 0.25) is 5.91 Å². The molecule has 1 saturated carbocycles. The first-order valence-corrected chi connectivity index (χ1v) is 7.06. The lowest BCUT2D eigenvalue weighted by molar-refractivity contribution is -0.144. The third-order valence-electron chi connectivity index (χ3n) is 2.80. The van der Waals surface area contributed by atoms with E-state index in [1.807, 2.05) is 0 Å². The molecule has 0 aromatic heterocycles. The molecule has 0 bridgehead atoms. The number of nitrogens with one attached hydrogen (secondary N) is 1. The van der Waals surface area contributed by atoms with Crippen molar-refractivity contribution >= 4 is 29.4 Å². The summed E-state index contributed by atoms with van der Waals surface area (Å²) in [7, 11) is 1.30. The molecule has 0 saturated heterocycles. The molecule has 1 fully saturated rings. The minimum Gasteiger partial charge on any atom is -0.467 e. The predicted octanol–water partition coefficient (Wildman–Crippen LogP) is 0.909. The molecule has 18 heavy (non-hydrogen) atoms. The molecule has 0 radical (unpaired) electrons.